The van der Waals surface area contributed by atoms with E-state index in [0.717, 1.165) is 0 Å². The molecule has 0 spiro atoms. The molecule has 1 amide bonds. The molecule has 0 saturated carbocycles. The fourth-order valence-corrected chi connectivity index (χ4v) is 2.00. The number of likely N-dealkylation sites (tertiary alicyclic amines) is 1. The molecular weight excluding hydrogens is 214 g/mol. The molecule has 6 N–H and O–H groups in total. The first-order valence-electron chi connectivity index (χ1n) is 5.19. The maximum Gasteiger partial charge on any atom is 0.217 e. The van der Waals surface area contributed by atoms with E-state index in [1.54, 1.807) is 4.90 Å². The number of piperidine rings is 1. The van der Waals surface area contributed by atoms with Gasteiger partial charge in [-0.3, -0.25) is 9.69 Å². The number of amides is 1. The third-order valence-electron chi connectivity index (χ3n) is 2.87. The second-order valence-corrected chi connectivity index (χ2v) is 3.99. The summed E-state index contributed by atoms with van der Waals surface area (Å²) in [6.45, 7) is 1.50. The number of aliphatic hydroxyl groups is 3. The first-order valence-corrected chi connectivity index (χ1v) is 5.19. The van der Waals surface area contributed by atoms with Gasteiger partial charge in [0.2, 0.25) is 5.91 Å². The van der Waals surface area contributed by atoms with Crippen LogP contribution < -0.4 is 11.1 Å². The van der Waals surface area contributed by atoms with Crippen molar-refractivity contribution >= 4 is 5.91 Å². The predicted octanol–water partition coefficient (Wildman–Crippen LogP) is -3.19. The Morgan fingerprint density at radius 1 is 1.50 bits per heavy atom. The lowest BCUT2D eigenvalue weighted by Crippen LogP contribution is -2.67. The van der Waals surface area contributed by atoms with Crippen LogP contribution >= 0.6 is 0 Å². The minimum absolute atomic E-state index is 0.144. The highest BCUT2D eigenvalue weighted by Gasteiger charge is 2.41. The number of aliphatic hydroxyl groups excluding tert-OH is 3. The molecule has 0 aromatic carbocycles. The van der Waals surface area contributed by atoms with E-state index in [2.05, 4.69) is 5.32 Å². The molecule has 2 unspecified atom stereocenters. The molecule has 0 aliphatic carbocycles. The van der Waals surface area contributed by atoms with Crippen LogP contribution in [0.3, 0.4) is 0 Å². The summed E-state index contributed by atoms with van der Waals surface area (Å²) >= 11 is 0. The monoisotopic (exact) mass is 233 g/mol. The lowest BCUT2D eigenvalue weighted by Gasteiger charge is -2.44. The van der Waals surface area contributed by atoms with Crippen LogP contribution in [0.25, 0.3) is 0 Å². The zero-order valence-electron chi connectivity index (χ0n) is 9.21. The Hall–Kier alpha value is -0.730. The fourth-order valence-electron chi connectivity index (χ4n) is 2.00. The summed E-state index contributed by atoms with van der Waals surface area (Å²) < 4.78 is 0. The highest BCUT2D eigenvalue weighted by atomic mass is 16.3. The van der Waals surface area contributed by atoms with Crippen LogP contribution in [0.2, 0.25) is 0 Å². The van der Waals surface area contributed by atoms with Crippen LogP contribution in [0.15, 0.2) is 0 Å². The van der Waals surface area contributed by atoms with E-state index in [4.69, 9.17) is 10.8 Å². The van der Waals surface area contributed by atoms with Crippen molar-refractivity contribution in [3.05, 3.63) is 0 Å². The van der Waals surface area contributed by atoms with Crippen molar-refractivity contribution in [2.24, 2.45) is 5.73 Å². The van der Waals surface area contributed by atoms with Crippen LogP contribution in [-0.2, 0) is 4.79 Å². The molecule has 1 rings (SSSR count). The Morgan fingerprint density at radius 2 is 2.12 bits per heavy atom. The van der Waals surface area contributed by atoms with Crippen molar-refractivity contribution in [1.82, 2.24) is 10.2 Å². The predicted molar refractivity (Wildman–Crippen MR) is 56.3 cm³/mol. The summed E-state index contributed by atoms with van der Waals surface area (Å²) in [5, 5.41) is 31.2. The molecular formula is C9H19N3O4. The summed E-state index contributed by atoms with van der Waals surface area (Å²) in [5.74, 6) is -0.282. The lowest BCUT2D eigenvalue weighted by atomic mass is 9.93. The van der Waals surface area contributed by atoms with Gasteiger partial charge in [0.05, 0.1) is 24.8 Å². The zero-order chi connectivity index (χ0) is 12.3. The Balaban J connectivity index is 2.74. The minimum atomic E-state index is -1.13. The average molecular weight is 233 g/mol. The fraction of sp³-hybridized carbons (Fsp3) is 0.889. The molecule has 0 bridgehead atoms. The highest BCUT2D eigenvalue weighted by molar-refractivity contribution is 5.73. The lowest BCUT2D eigenvalue weighted by molar-refractivity contribution is -0.128. The molecule has 7 nitrogen and oxygen atoms in total. The minimum Gasteiger partial charge on any atom is -0.395 e. The number of nitrogens with zero attached hydrogens (tertiary/aromatic N) is 1. The van der Waals surface area contributed by atoms with Gasteiger partial charge in [0.15, 0.2) is 0 Å². The van der Waals surface area contributed by atoms with Gasteiger partial charge < -0.3 is 26.4 Å². The van der Waals surface area contributed by atoms with E-state index in [0.29, 0.717) is 6.54 Å². The normalized spacial score (nSPS) is 36.1. The summed E-state index contributed by atoms with van der Waals surface area (Å²) in [4.78, 5) is 12.5. The average Bonchev–Trinajstić information content (AvgIpc) is 2.24. The van der Waals surface area contributed by atoms with Gasteiger partial charge in [0.1, 0.15) is 6.10 Å². The molecule has 1 fully saturated rings. The molecule has 16 heavy (non-hydrogen) atoms. The summed E-state index contributed by atoms with van der Waals surface area (Å²) in [5.41, 5.74) is 5.48. The van der Waals surface area contributed by atoms with Crippen molar-refractivity contribution in [2.45, 2.75) is 31.2 Å². The van der Waals surface area contributed by atoms with Gasteiger partial charge in [0.25, 0.3) is 0 Å². The number of carbonyl (C=O) groups excluding carboxylic acids is 1. The molecule has 0 radical (unpaired) electrons. The maximum atomic E-state index is 10.9. The van der Waals surface area contributed by atoms with Crippen LogP contribution in [0.5, 0.6) is 0 Å². The van der Waals surface area contributed by atoms with E-state index in [-0.39, 0.29) is 19.2 Å². The van der Waals surface area contributed by atoms with E-state index >= 15 is 0 Å². The first-order chi connectivity index (χ1) is 7.51. The number of hydrogen-bond donors (Lipinski definition) is 5. The Bertz CT molecular complexity index is 249. The molecule has 94 valence electrons. The molecule has 4 atom stereocenters. The van der Waals surface area contributed by atoms with Gasteiger partial charge >= 0.3 is 0 Å². The molecule has 1 saturated heterocycles. The van der Waals surface area contributed by atoms with Crippen LogP contribution in [-0.4, -0.2) is 70.2 Å². The highest BCUT2D eigenvalue weighted by Crippen LogP contribution is 2.17. The topological polar surface area (TPSA) is 119 Å². The summed E-state index contributed by atoms with van der Waals surface area (Å²) in [6, 6.07) is -1.16. The van der Waals surface area contributed by atoms with Crippen molar-refractivity contribution in [3.8, 4) is 0 Å². The second kappa shape index (κ2) is 5.55. The summed E-state index contributed by atoms with van der Waals surface area (Å²) in [6.07, 6.45) is -2.22. The van der Waals surface area contributed by atoms with Crippen molar-refractivity contribution < 1.29 is 20.1 Å². The van der Waals surface area contributed by atoms with Gasteiger partial charge in [0, 0.05) is 20.1 Å². The van der Waals surface area contributed by atoms with Gasteiger partial charge in [-0.2, -0.15) is 0 Å². The van der Waals surface area contributed by atoms with Crippen molar-refractivity contribution in [3.63, 3.8) is 0 Å². The number of nitrogens with one attached hydrogen (secondary N) is 1. The number of rotatable bonds is 3. The zero-order valence-corrected chi connectivity index (χ0v) is 9.21. The number of hydrogen-bond acceptors (Lipinski definition) is 6. The summed E-state index contributed by atoms with van der Waals surface area (Å²) in [7, 11) is 0. The van der Waals surface area contributed by atoms with Crippen LogP contribution in [0.1, 0.15) is 6.92 Å². The number of carbonyl (C=O) groups is 1. The molecule has 7 heteroatoms. The van der Waals surface area contributed by atoms with E-state index in [9.17, 15) is 15.0 Å². The third-order valence-corrected chi connectivity index (χ3v) is 2.87. The van der Waals surface area contributed by atoms with Crippen LogP contribution in [0.4, 0.5) is 0 Å². The van der Waals surface area contributed by atoms with Crippen molar-refractivity contribution in [1.29, 1.82) is 0 Å². The SMILES string of the molecule is CC(=O)NC1CN(CN)C(CO)[C@@H](O)[C@@H]1O. The molecule has 1 aliphatic rings. The van der Waals surface area contributed by atoms with Crippen molar-refractivity contribution in [2.75, 3.05) is 19.8 Å². The largest absolute Gasteiger partial charge is 0.395 e. The second-order valence-electron chi connectivity index (χ2n) is 3.99. The molecule has 1 heterocycles. The molecule has 1 aliphatic heterocycles. The van der Waals surface area contributed by atoms with Gasteiger partial charge in [-0.25, -0.2) is 0 Å². The van der Waals surface area contributed by atoms with Crippen LogP contribution in [0, 0.1) is 0 Å². The number of nitrogens with two attached hydrogens (primary N) is 1. The standard InChI is InChI=1S/C9H19N3O4/c1-5(14)11-6-2-12(4-10)7(3-13)9(16)8(6)15/h6-9,13,15-16H,2-4,10H2,1H3,(H,11,14)/t6?,7?,8-,9-/m1/s1. The Morgan fingerprint density at radius 3 is 2.56 bits per heavy atom. The van der Waals surface area contributed by atoms with E-state index in [1.165, 1.54) is 6.92 Å². The van der Waals surface area contributed by atoms with E-state index < -0.39 is 24.3 Å². The van der Waals surface area contributed by atoms with Gasteiger partial charge in [-0.1, -0.05) is 0 Å². The quantitative estimate of drug-likeness (QED) is 0.350. The first kappa shape index (κ1) is 13.3. The molecule has 0 aromatic rings. The van der Waals surface area contributed by atoms with E-state index in [1.807, 2.05) is 0 Å². The maximum absolute atomic E-state index is 10.9. The Kier molecular flexibility index (Phi) is 4.63. The van der Waals surface area contributed by atoms with Gasteiger partial charge in [-0.05, 0) is 0 Å². The molecule has 0 aromatic heterocycles. The van der Waals surface area contributed by atoms with Gasteiger partial charge in [-0.15, -0.1) is 0 Å². The Labute approximate surface area is 93.8 Å². The smallest absolute Gasteiger partial charge is 0.217 e. The third kappa shape index (κ3) is 2.69.